The second-order valence-electron chi connectivity index (χ2n) is 11.1. The van der Waals surface area contributed by atoms with Crippen molar-refractivity contribution in [3.8, 4) is 28.3 Å². The molecule has 252 valence electrons. The van der Waals surface area contributed by atoms with Gasteiger partial charge in [-0.15, -0.1) is 0 Å². The molecule has 9 nitrogen and oxygen atoms in total. The predicted molar refractivity (Wildman–Crippen MR) is 169 cm³/mol. The van der Waals surface area contributed by atoms with Crippen LogP contribution in [0.5, 0.6) is 5.88 Å². The number of halogens is 5. The molecule has 1 N–H and O–H groups in total. The summed E-state index contributed by atoms with van der Waals surface area (Å²) in [5.74, 6) is -2.71. The van der Waals surface area contributed by atoms with Gasteiger partial charge >= 0.3 is 5.97 Å². The monoisotopic (exact) mass is 677 g/mol. The number of pyridine rings is 1. The van der Waals surface area contributed by atoms with E-state index >= 15 is 8.78 Å². The van der Waals surface area contributed by atoms with Gasteiger partial charge in [0.1, 0.15) is 36.4 Å². The van der Waals surface area contributed by atoms with Gasteiger partial charge in [0.15, 0.2) is 0 Å². The first-order chi connectivity index (χ1) is 23.6. The number of carbonyl (C=O) groups is 1. The summed E-state index contributed by atoms with van der Waals surface area (Å²) in [4.78, 5) is 20.4. The van der Waals surface area contributed by atoms with E-state index in [1.165, 1.54) is 55.9 Å². The molecule has 3 aromatic carbocycles. The molecule has 0 aliphatic rings. The van der Waals surface area contributed by atoms with E-state index in [1.54, 1.807) is 22.8 Å². The van der Waals surface area contributed by atoms with E-state index in [9.17, 15) is 23.1 Å². The number of fused-ring (bicyclic) bond motifs is 1. The Morgan fingerprint density at radius 3 is 2.49 bits per heavy atom. The Balaban J connectivity index is 1.19. The first-order valence-corrected chi connectivity index (χ1v) is 15.0. The third kappa shape index (κ3) is 7.44. The summed E-state index contributed by atoms with van der Waals surface area (Å²) in [5, 5.41) is 13.3. The van der Waals surface area contributed by atoms with Gasteiger partial charge in [0.25, 0.3) is 6.43 Å². The summed E-state index contributed by atoms with van der Waals surface area (Å²) >= 11 is 0. The summed E-state index contributed by atoms with van der Waals surface area (Å²) < 4.78 is 84.8. The zero-order valence-electron chi connectivity index (χ0n) is 25.9. The summed E-state index contributed by atoms with van der Waals surface area (Å²) in [7, 11) is 1.51. The lowest BCUT2D eigenvalue weighted by Crippen LogP contribution is -2.10. The Morgan fingerprint density at radius 1 is 0.918 bits per heavy atom. The van der Waals surface area contributed by atoms with Crippen molar-refractivity contribution in [3.05, 3.63) is 119 Å². The predicted octanol–water partition coefficient (Wildman–Crippen LogP) is 7.16. The maximum absolute atomic E-state index is 15.5. The second-order valence-corrected chi connectivity index (χ2v) is 11.1. The lowest BCUT2D eigenvalue weighted by Gasteiger charge is -2.12. The molecule has 0 amide bonds. The van der Waals surface area contributed by atoms with Crippen molar-refractivity contribution in [1.82, 2.24) is 24.3 Å². The Hall–Kier alpha value is -5.63. The van der Waals surface area contributed by atoms with Crippen molar-refractivity contribution < 1.29 is 41.3 Å². The van der Waals surface area contributed by atoms with Crippen molar-refractivity contribution in [2.45, 2.75) is 32.5 Å². The minimum Gasteiger partial charge on any atom is -0.478 e. The highest BCUT2D eigenvalue weighted by molar-refractivity contribution is 5.92. The lowest BCUT2D eigenvalue weighted by molar-refractivity contribution is 0.0697. The Labute approximate surface area is 276 Å². The molecule has 0 saturated carbocycles. The number of hydrogen-bond donors (Lipinski definition) is 1. The number of rotatable bonds is 13. The van der Waals surface area contributed by atoms with Gasteiger partial charge in [-0.2, -0.15) is 5.10 Å². The number of imidazole rings is 1. The van der Waals surface area contributed by atoms with E-state index in [2.05, 4.69) is 15.1 Å². The van der Waals surface area contributed by atoms with Crippen LogP contribution >= 0.6 is 0 Å². The molecule has 14 heteroatoms. The maximum atomic E-state index is 15.5. The fourth-order valence-electron chi connectivity index (χ4n) is 5.36. The van der Waals surface area contributed by atoms with Crippen LogP contribution in [0.3, 0.4) is 0 Å². The third-order valence-electron chi connectivity index (χ3n) is 7.80. The first kappa shape index (κ1) is 33.3. The SMILES string of the molecule is COCCn1c(Cc2cc(F)c(-c3cccc(OCc4ccc(-c5cnn(CC(F)F)c5)cc4F)n3)cc2F)nc2ccc(C(=O)O)cc21. The molecule has 3 aromatic heterocycles. The number of aromatic nitrogens is 5. The smallest absolute Gasteiger partial charge is 0.335 e. The molecule has 6 rings (SSSR count). The Morgan fingerprint density at radius 2 is 1.73 bits per heavy atom. The van der Waals surface area contributed by atoms with Crippen LogP contribution in [0.25, 0.3) is 33.4 Å². The molecule has 0 unspecified atom stereocenters. The van der Waals surface area contributed by atoms with Crippen LogP contribution in [0.4, 0.5) is 22.0 Å². The van der Waals surface area contributed by atoms with Gasteiger partial charge in [-0.3, -0.25) is 4.68 Å². The molecule has 3 heterocycles. The maximum Gasteiger partial charge on any atom is 0.335 e. The topological polar surface area (TPSA) is 104 Å². The van der Waals surface area contributed by atoms with E-state index in [1.807, 2.05) is 0 Å². The third-order valence-corrected chi connectivity index (χ3v) is 7.80. The molecule has 49 heavy (non-hydrogen) atoms. The molecule has 0 saturated heterocycles. The van der Waals surface area contributed by atoms with Crippen LogP contribution in [0.15, 0.2) is 79.1 Å². The number of ether oxygens (including phenoxy) is 2. The molecular weight excluding hydrogens is 649 g/mol. The minimum absolute atomic E-state index is 0.0291. The number of nitrogens with zero attached hydrogens (tertiary/aromatic N) is 5. The van der Waals surface area contributed by atoms with Crippen molar-refractivity contribution in [1.29, 1.82) is 0 Å². The average Bonchev–Trinajstić information content (AvgIpc) is 3.68. The van der Waals surface area contributed by atoms with Crippen LogP contribution in [0.1, 0.15) is 27.3 Å². The molecule has 0 aliphatic carbocycles. The molecule has 0 fully saturated rings. The van der Waals surface area contributed by atoms with Crippen LogP contribution in [0.2, 0.25) is 0 Å². The highest BCUT2D eigenvalue weighted by atomic mass is 19.3. The van der Waals surface area contributed by atoms with Gasteiger partial charge in [0.2, 0.25) is 5.88 Å². The van der Waals surface area contributed by atoms with Crippen LogP contribution in [-0.4, -0.2) is 55.5 Å². The second kappa shape index (κ2) is 14.2. The van der Waals surface area contributed by atoms with E-state index < -0.39 is 36.4 Å². The van der Waals surface area contributed by atoms with Crippen molar-refractivity contribution in [2.75, 3.05) is 13.7 Å². The van der Waals surface area contributed by atoms with Gasteiger partial charge in [-0.1, -0.05) is 18.2 Å². The molecule has 0 radical (unpaired) electrons. The first-order valence-electron chi connectivity index (χ1n) is 15.0. The number of aromatic carboxylic acids is 1. The normalized spacial score (nSPS) is 11.5. The zero-order chi connectivity index (χ0) is 34.7. The van der Waals surface area contributed by atoms with Gasteiger partial charge in [0.05, 0.1) is 35.1 Å². The fourth-order valence-corrected chi connectivity index (χ4v) is 5.36. The van der Waals surface area contributed by atoms with E-state index in [4.69, 9.17) is 9.47 Å². The molecule has 0 bridgehead atoms. The van der Waals surface area contributed by atoms with Crippen molar-refractivity contribution in [2.24, 2.45) is 0 Å². The summed E-state index contributed by atoms with van der Waals surface area (Å²) in [6.45, 7) is -0.196. The van der Waals surface area contributed by atoms with E-state index in [-0.39, 0.29) is 53.5 Å². The summed E-state index contributed by atoms with van der Waals surface area (Å²) in [6.07, 6.45) is 0.121. The Bertz CT molecular complexity index is 2150. The van der Waals surface area contributed by atoms with Crippen molar-refractivity contribution in [3.63, 3.8) is 0 Å². The fraction of sp³-hybridized carbons (Fsp3) is 0.200. The molecule has 0 aliphatic heterocycles. The molecule has 0 spiro atoms. The number of hydrogen-bond acceptors (Lipinski definition) is 6. The quantitative estimate of drug-likeness (QED) is 0.129. The van der Waals surface area contributed by atoms with Crippen molar-refractivity contribution >= 4 is 17.0 Å². The number of benzene rings is 3. The number of carboxylic acid groups (broad SMARTS) is 1. The standard InChI is InChI=1S/C35H28F5N5O4/c1-48-10-9-45-31-13-21(35(46)47)7-8-30(31)42-33(45)14-23-12-28(38)25(15-27(23)37)29-3-2-4-34(43-29)49-19-22-6-5-20(11-26(22)36)24-16-41-44(17-24)18-32(39)40/h2-8,11-13,15-17,32H,9-10,14,18-19H2,1H3,(H,46,47). The largest absolute Gasteiger partial charge is 0.478 e. The van der Waals surface area contributed by atoms with Gasteiger partial charge in [-0.25, -0.2) is 36.7 Å². The average molecular weight is 678 g/mol. The van der Waals surface area contributed by atoms with E-state index in [0.29, 0.717) is 34.5 Å². The molecule has 0 atom stereocenters. The number of carboxylic acids is 1. The Kier molecular flexibility index (Phi) is 9.67. The highest BCUT2D eigenvalue weighted by Gasteiger charge is 2.19. The van der Waals surface area contributed by atoms with E-state index in [0.717, 1.165) is 16.8 Å². The summed E-state index contributed by atoms with van der Waals surface area (Å²) in [5.41, 5.74) is 2.21. The number of methoxy groups -OCH3 is 1. The lowest BCUT2D eigenvalue weighted by atomic mass is 10.0. The number of alkyl halides is 2. The highest BCUT2D eigenvalue weighted by Crippen LogP contribution is 2.29. The van der Waals surface area contributed by atoms with Gasteiger partial charge < -0.3 is 19.1 Å². The van der Waals surface area contributed by atoms with Crippen LogP contribution in [0, 0.1) is 17.5 Å². The van der Waals surface area contributed by atoms with Crippen LogP contribution < -0.4 is 4.74 Å². The van der Waals surface area contributed by atoms with Gasteiger partial charge in [-0.05, 0) is 53.6 Å². The summed E-state index contributed by atoms with van der Waals surface area (Å²) in [6, 6.07) is 15.4. The minimum atomic E-state index is -2.57. The van der Waals surface area contributed by atoms with Gasteiger partial charge in [0, 0.05) is 49.0 Å². The zero-order valence-corrected chi connectivity index (χ0v) is 25.9. The molecular formula is C35H28F5N5O4. The molecule has 6 aromatic rings. The van der Waals surface area contributed by atoms with Crippen LogP contribution in [-0.2, 0) is 30.9 Å².